The number of benzene rings is 3. The molecule has 0 radical (unpaired) electrons. The van der Waals surface area contributed by atoms with Gasteiger partial charge in [-0.25, -0.2) is 17.7 Å². The number of nitro groups is 1. The number of amides is 2. The smallest absolute Gasteiger partial charge is 0.272 e. The molecule has 0 saturated heterocycles. The van der Waals surface area contributed by atoms with Crippen molar-refractivity contribution in [2.24, 2.45) is 5.92 Å². The first-order valence-corrected chi connectivity index (χ1v) is 14.2. The van der Waals surface area contributed by atoms with Crippen molar-refractivity contribution in [1.82, 2.24) is 0 Å². The Morgan fingerprint density at radius 2 is 1.57 bits per heavy atom. The number of sulfone groups is 1. The molecular weight excluding hydrogens is 567 g/mol. The van der Waals surface area contributed by atoms with E-state index < -0.39 is 37.8 Å². The SMILES string of the molecule is Cc1cc(NC(=O)C(C)C)ccc1[N+](=O)[O-].[C-]#[N+]c1ccc(NC(=O)C(C)(O)CS(=O)(=O)c2ccc(F)cc2)cc1C. The van der Waals surface area contributed by atoms with E-state index in [1.54, 1.807) is 39.8 Å². The number of nitrogens with one attached hydrogen (secondary N) is 2. The number of halogens is 1. The van der Waals surface area contributed by atoms with Gasteiger partial charge in [-0.2, -0.15) is 0 Å². The maximum absolute atomic E-state index is 12.9. The molecule has 0 saturated carbocycles. The summed E-state index contributed by atoms with van der Waals surface area (Å²) in [4.78, 5) is 37.0. The van der Waals surface area contributed by atoms with Gasteiger partial charge in [0, 0.05) is 28.9 Å². The summed E-state index contributed by atoms with van der Waals surface area (Å²) in [7, 11) is -4.01. The van der Waals surface area contributed by atoms with Gasteiger partial charge in [0.05, 0.1) is 22.1 Å². The summed E-state index contributed by atoms with van der Waals surface area (Å²) in [5.74, 6) is -2.58. The summed E-state index contributed by atoms with van der Waals surface area (Å²) in [5, 5.41) is 26.1. The van der Waals surface area contributed by atoms with Crippen molar-refractivity contribution < 1.29 is 32.4 Å². The largest absolute Gasteiger partial charge is 0.379 e. The molecule has 42 heavy (non-hydrogen) atoms. The molecule has 0 fully saturated rings. The summed E-state index contributed by atoms with van der Waals surface area (Å²) in [5.41, 5.74) is 0.361. The van der Waals surface area contributed by atoms with Crippen LogP contribution in [-0.4, -0.2) is 41.6 Å². The van der Waals surface area contributed by atoms with Gasteiger partial charge in [-0.3, -0.25) is 19.7 Å². The van der Waals surface area contributed by atoms with Gasteiger partial charge in [0.15, 0.2) is 21.1 Å². The van der Waals surface area contributed by atoms with Crippen molar-refractivity contribution in [2.75, 3.05) is 16.4 Å². The van der Waals surface area contributed by atoms with Crippen LogP contribution in [0.25, 0.3) is 4.85 Å². The summed E-state index contributed by atoms with van der Waals surface area (Å²) in [6.07, 6.45) is 0. The number of carbonyl (C=O) groups is 2. The number of aryl methyl sites for hydroxylation is 2. The Bertz CT molecular complexity index is 1630. The zero-order valence-electron chi connectivity index (χ0n) is 23.6. The molecule has 0 spiro atoms. The van der Waals surface area contributed by atoms with E-state index in [0.29, 0.717) is 28.2 Å². The summed E-state index contributed by atoms with van der Waals surface area (Å²) < 4.78 is 37.7. The molecule has 0 aliphatic heterocycles. The molecule has 3 rings (SSSR count). The summed E-state index contributed by atoms with van der Waals surface area (Å²) >= 11 is 0. The minimum absolute atomic E-state index is 0.0579. The Labute approximate surface area is 243 Å². The molecule has 0 aliphatic rings. The average molecular weight is 599 g/mol. The second-order valence-electron chi connectivity index (χ2n) is 9.96. The topological polar surface area (TPSA) is 160 Å². The number of aliphatic hydroxyl groups is 1. The third kappa shape index (κ3) is 9.18. The summed E-state index contributed by atoms with van der Waals surface area (Å²) in [6, 6.07) is 13.2. The van der Waals surface area contributed by atoms with Crippen LogP contribution in [0.15, 0.2) is 65.6 Å². The van der Waals surface area contributed by atoms with Crippen LogP contribution in [0.3, 0.4) is 0 Å². The highest BCUT2D eigenvalue weighted by atomic mass is 32.2. The van der Waals surface area contributed by atoms with Gasteiger partial charge in [0.2, 0.25) is 5.91 Å². The first-order chi connectivity index (χ1) is 19.5. The molecule has 11 nitrogen and oxygen atoms in total. The van der Waals surface area contributed by atoms with E-state index in [4.69, 9.17) is 6.57 Å². The van der Waals surface area contributed by atoms with Crippen molar-refractivity contribution in [1.29, 1.82) is 0 Å². The predicted molar refractivity (Wildman–Crippen MR) is 156 cm³/mol. The molecule has 0 aromatic heterocycles. The normalized spacial score (nSPS) is 12.3. The maximum atomic E-state index is 12.9. The lowest BCUT2D eigenvalue weighted by Crippen LogP contribution is -2.45. The fourth-order valence-electron chi connectivity index (χ4n) is 3.51. The lowest BCUT2D eigenvalue weighted by Gasteiger charge is -2.22. The number of carbonyl (C=O) groups excluding carboxylic acids is 2. The van der Waals surface area contributed by atoms with E-state index in [2.05, 4.69) is 15.5 Å². The van der Waals surface area contributed by atoms with Crippen LogP contribution in [0, 0.1) is 42.3 Å². The second kappa shape index (κ2) is 13.8. The van der Waals surface area contributed by atoms with Gasteiger partial charge >= 0.3 is 0 Å². The summed E-state index contributed by atoms with van der Waals surface area (Å²) in [6.45, 7) is 15.0. The maximum Gasteiger partial charge on any atom is 0.272 e. The Balaban J connectivity index is 0.000000330. The highest BCUT2D eigenvalue weighted by Gasteiger charge is 2.36. The molecule has 0 heterocycles. The van der Waals surface area contributed by atoms with E-state index in [0.717, 1.165) is 31.2 Å². The number of hydrogen-bond acceptors (Lipinski definition) is 7. The zero-order chi connectivity index (χ0) is 31.8. The van der Waals surface area contributed by atoms with Gasteiger partial charge in [-0.15, -0.1) is 0 Å². The Morgan fingerprint density at radius 3 is 2.07 bits per heavy atom. The number of nitro benzene ring substituents is 1. The van der Waals surface area contributed by atoms with Gasteiger partial charge in [0.25, 0.3) is 11.6 Å². The van der Waals surface area contributed by atoms with Crippen molar-refractivity contribution in [3.63, 3.8) is 0 Å². The minimum atomic E-state index is -4.01. The number of rotatable bonds is 8. The monoisotopic (exact) mass is 598 g/mol. The predicted octanol–water partition coefficient (Wildman–Crippen LogP) is 5.35. The Morgan fingerprint density at radius 1 is 1.02 bits per heavy atom. The van der Waals surface area contributed by atoms with Gasteiger partial charge < -0.3 is 15.7 Å². The van der Waals surface area contributed by atoms with Crippen molar-refractivity contribution in [3.05, 3.63) is 99.1 Å². The van der Waals surface area contributed by atoms with Crippen LogP contribution in [-0.2, 0) is 19.4 Å². The molecule has 13 heteroatoms. The molecule has 1 unspecified atom stereocenters. The molecule has 1 atom stereocenters. The molecule has 3 aromatic carbocycles. The van der Waals surface area contributed by atoms with Gasteiger partial charge in [-0.1, -0.05) is 19.9 Å². The van der Waals surface area contributed by atoms with Crippen molar-refractivity contribution >= 4 is 44.4 Å². The third-order valence-corrected chi connectivity index (χ3v) is 7.83. The molecule has 0 bridgehead atoms. The molecule has 2 amide bonds. The van der Waals surface area contributed by atoms with Gasteiger partial charge in [-0.05, 0) is 74.9 Å². The van der Waals surface area contributed by atoms with Crippen LogP contribution in [0.4, 0.5) is 27.1 Å². The van der Waals surface area contributed by atoms with E-state index in [-0.39, 0.29) is 22.4 Å². The highest BCUT2D eigenvalue weighted by molar-refractivity contribution is 7.91. The lowest BCUT2D eigenvalue weighted by atomic mass is 10.1. The Kier molecular flexibility index (Phi) is 11.0. The first kappa shape index (κ1) is 33.5. The quantitative estimate of drug-likeness (QED) is 0.136. The van der Waals surface area contributed by atoms with Crippen molar-refractivity contribution in [2.45, 2.75) is 45.1 Å². The molecular formula is C29H31FN4O7S. The van der Waals surface area contributed by atoms with E-state index in [9.17, 15) is 37.6 Å². The van der Waals surface area contributed by atoms with Crippen LogP contribution in [0.1, 0.15) is 31.9 Å². The molecule has 3 N–H and O–H groups in total. The van der Waals surface area contributed by atoms with Gasteiger partial charge in [0.1, 0.15) is 5.82 Å². The fourth-order valence-corrected chi connectivity index (χ4v) is 5.10. The second-order valence-corrected chi connectivity index (χ2v) is 11.9. The minimum Gasteiger partial charge on any atom is -0.379 e. The zero-order valence-corrected chi connectivity index (χ0v) is 24.5. The Hall–Kier alpha value is -4.67. The van der Waals surface area contributed by atoms with Crippen LogP contribution in [0.5, 0.6) is 0 Å². The third-order valence-electron chi connectivity index (χ3n) is 5.89. The molecule has 0 aliphatic carbocycles. The highest BCUT2D eigenvalue weighted by Crippen LogP contribution is 2.24. The lowest BCUT2D eigenvalue weighted by molar-refractivity contribution is -0.385. The van der Waals surface area contributed by atoms with Crippen LogP contribution >= 0.6 is 0 Å². The molecule has 222 valence electrons. The number of nitrogens with zero attached hydrogens (tertiary/aromatic N) is 2. The van der Waals surface area contributed by atoms with E-state index >= 15 is 0 Å². The van der Waals surface area contributed by atoms with Crippen LogP contribution < -0.4 is 10.6 Å². The number of hydrogen-bond donors (Lipinski definition) is 3. The fraction of sp³-hybridized carbons (Fsp3) is 0.276. The van der Waals surface area contributed by atoms with Crippen LogP contribution in [0.2, 0.25) is 0 Å². The standard InChI is InChI=1S/C18H17FN2O4S.C11H14N2O3/c1-12-10-14(6-9-16(12)20-3)21-17(22)18(2,23)11-26(24,25)15-7-4-13(19)5-8-15;1-7(2)11(14)12-9-4-5-10(13(15)16)8(3)6-9/h4-10,23H,11H2,1-2H3,(H,21,22);4-7H,1-3H3,(H,12,14). The van der Waals surface area contributed by atoms with E-state index in [1.807, 2.05) is 0 Å². The van der Waals surface area contributed by atoms with E-state index in [1.165, 1.54) is 24.3 Å². The van der Waals surface area contributed by atoms with Crippen molar-refractivity contribution in [3.8, 4) is 0 Å². The number of anilines is 2. The average Bonchev–Trinajstić information content (AvgIpc) is 2.88. The molecule has 3 aromatic rings. The first-order valence-electron chi connectivity index (χ1n) is 12.5.